The summed E-state index contributed by atoms with van der Waals surface area (Å²) in [6.45, 7) is 5.40. The van der Waals surface area contributed by atoms with Gasteiger partial charge in [-0.3, -0.25) is 0 Å². The van der Waals surface area contributed by atoms with Crippen LogP contribution in [0.15, 0.2) is 28.7 Å². The molecule has 0 aliphatic rings. The monoisotopic (exact) mass is 273 g/mol. The lowest BCUT2D eigenvalue weighted by molar-refractivity contribution is 0.490. The first kappa shape index (κ1) is 12.1. The molecular weight excluding hydrogens is 258 g/mol. The molecule has 3 heteroatoms. The van der Waals surface area contributed by atoms with Crippen LogP contribution in [0.2, 0.25) is 0 Å². The van der Waals surface area contributed by atoms with E-state index in [1.165, 1.54) is 5.56 Å². The molecule has 1 aromatic rings. The predicted octanol–water partition coefficient (Wildman–Crippen LogP) is 3.20. The van der Waals surface area contributed by atoms with E-state index in [2.05, 4.69) is 72.0 Å². The second-order valence-electron chi connectivity index (χ2n) is 3.98. The SMILES string of the molecule is CC(C)(CNCS)c1ccc(Br)cc1. The first-order valence-corrected chi connectivity index (χ1v) is 6.06. The first-order chi connectivity index (χ1) is 6.56. The third-order valence-corrected chi connectivity index (χ3v) is 3.06. The van der Waals surface area contributed by atoms with Crippen LogP contribution >= 0.6 is 28.6 Å². The molecule has 0 radical (unpaired) electrons. The summed E-state index contributed by atoms with van der Waals surface area (Å²) in [5, 5.41) is 3.25. The van der Waals surface area contributed by atoms with Crippen molar-refractivity contribution in [3.05, 3.63) is 34.3 Å². The Morgan fingerprint density at radius 2 is 1.86 bits per heavy atom. The van der Waals surface area contributed by atoms with Crippen molar-refractivity contribution in [3.8, 4) is 0 Å². The molecule has 1 nitrogen and oxygen atoms in total. The zero-order valence-electron chi connectivity index (χ0n) is 8.55. The third kappa shape index (κ3) is 3.30. The summed E-state index contributed by atoms with van der Waals surface area (Å²) in [5.41, 5.74) is 1.50. The topological polar surface area (TPSA) is 12.0 Å². The van der Waals surface area contributed by atoms with Gasteiger partial charge in [0.2, 0.25) is 0 Å². The molecule has 0 amide bonds. The maximum Gasteiger partial charge on any atom is 0.0387 e. The van der Waals surface area contributed by atoms with Crippen LogP contribution < -0.4 is 5.32 Å². The van der Waals surface area contributed by atoms with Crippen LogP contribution in [0.1, 0.15) is 19.4 Å². The molecule has 0 fully saturated rings. The Morgan fingerprint density at radius 3 is 2.36 bits per heavy atom. The number of rotatable bonds is 4. The number of hydrogen-bond acceptors (Lipinski definition) is 2. The highest BCUT2D eigenvalue weighted by Gasteiger charge is 2.19. The van der Waals surface area contributed by atoms with E-state index in [0.29, 0.717) is 0 Å². The van der Waals surface area contributed by atoms with Gasteiger partial charge in [0.1, 0.15) is 0 Å². The second-order valence-corrected chi connectivity index (χ2v) is 5.21. The van der Waals surface area contributed by atoms with Gasteiger partial charge in [-0.1, -0.05) is 41.9 Å². The van der Waals surface area contributed by atoms with Gasteiger partial charge in [0.05, 0.1) is 0 Å². The molecule has 1 aromatic carbocycles. The normalized spacial score (nSPS) is 11.7. The molecule has 0 aromatic heterocycles. The van der Waals surface area contributed by atoms with Crippen LogP contribution in [0.5, 0.6) is 0 Å². The zero-order valence-corrected chi connectivity index (χ0v) is 11.0. The maximum atomic E-state index is 4.14. The van der Waals surface area contributed by atoms with Gasteiger partial charge in [0, 0.05) is 22.3 Å². The van der Waals surface area contributed by atoms with Gasteiger partial charge in [-0.15, -0.1) is 0 Å². The fourth-order valence-corrected chi connectivity index (χ4v) is 1.75. The van der Waals surface area contributed by atoms with Crippen LogP contribution in [-0.2, 0) is 5.41 Å². The lowest BCUT2D eigenvalue weighted by Gasteiger charge is -2.25. The Balaban J connectivity index is 2.75. The molecule has 0 atom stereocenters. The highest BCUT2D eigenvalue weighted by Crippen LogP contribution is 2.23. The van der Waals surface area contributed by atoms with Crippen LogP contribution in [0.3, 0.4) is 0 Å². The fourth-order valence-electron chi connectivity index (χ4n) is 1.37. The molecule has 0 aliphatic heterocycles. The molecule has 0 saturated heterocycles. The zero-order chi connectivity index (χ0) is 10.6. The van der Waals surface area contributed by atoms with Crippen molar-refractivity contribution in [2.24, 2.45) is 0 Å². The first-order valence-electron chi connectivity index (χ1n) is 4.64. The maximum absolute atomic E-state index is 4.14. The van der Waals surface area contributed by atoms with Gasteiger partial charge < -0.3 is 5.32 Å². The molecule has 0 bridgehead atoms. The van der Waals surface area contributed by atoms with Gasteiger partial charge in [0.15, 0.2) is 0 Å². The van der Waals surface area contributed by atoms with Crippen LogP contribution in [0.25, 0.3) is 0 Å². The minimum atomic E-state index is 0.156. The molecule has 0 saturated carbocycles. The van der Waals surface area contributed by atoms with Crippen LogP contribution in [0, 0.1) is 0 Å². The van der Waals surface area contributed by atoms with Crippen molar-refractivity contribution in [1.82, 2.24) is 5.32 Å². The summed E-state index contributed by atoms with van der Waals surface area (Å²) in [6.07, 6.45) is 0. The lowest BCUT2D eigenvalue weighted by atomic mass is 9.85. The summed E-state index contributed by atoms with van der Waals surface area (Å²) in [4.78, 5) is 0. The summed E-state index contributed by atoms with van der Waals surface area (Å²) >= 11 is 7.58. The molecule has 0 aliphatic carbocycles. The number of benzene rings is 1. The molecule has 0 unspecified atom stereocenters. The molecular formula is C11H16BrNS. The van der Waals surface area contributed by atoms with Crippen molar-refractivity contribution in [1.29, 1.82) is 0 Å². The summed E-state index contributed by atoms with van der Waals surface area (Å²) in [5.74, 6) is 0.722. The highest BCUT2D eigenvalue weighted by atomic mass is 79.9. The summed E-state index contributed by atoms with van der Waals surface area (Å²) < 4.78 is 1.12. The summed E-state index contributed by atoms with van der Waals surface area (Å²) in [7, 11) is 0. The number of thiol groups is 1. The van der Waals surface area contributed by atoms with Crippen molar-refractivity contribution in [2.75, 3.05) is 12.4 Å². The van der Waals surface area contributed by atoms with E-state index >= 15 is 0 Å². The van der Waals surface area contributed by atoms with E-state index in [-0.39, 0.29) is 5.41 Å². The van der Waals surface area contributed by atoms with E-state index in [1.807, 2.05) is 0 Å². The average Bonchev–Trinajstić information content (AvgIpc) is 2.16. The van der Waals surface area contributed by atoms with E-state index < -0.39 is 0 Å². The third-order valence-electron chi connectivity index (χ3n) is 2.30. The van der Waals surface area contributed by atoms with E-state index in [1.54, 1.807) is 0 Å². The average molecular weight is 274 g/mol. The largest absolute Gasteiger partial charge is 0.307 e. The van der Waals surface area contributed by atoms with Gasteiger partial charge in [-0.05, 0) is 17.7 Å². The Kier molecular flexibility index (Phi) is 4.48. The molecule has 0 spiro atoms. The Morgan fingerprint density at radius 1 is 1.29 bits per heavy atom. The van der Waals surface area contributed by atoms with Crippen molar-refractivity contribution in [3.63, 3.8) is 0 Å². The molecule has 1 N–H and O–H groups in total. The minimum absolute atomic E-state index is 0.156. The highest BCUT2D eigenvalue weighted by molar-refractivity contribution is 9.10. The summed E-state index contributed by atoms with van der Waals surface area (Å²) in [6, 6.07) is 8.48. The van der Waals surface area contributed by atoms with Crippen molar-refractivity contribution >= 4 is 28.6 Å². The van der Waals surface area contributed by atoms with E-state index in [0.717, 1.165) is 16.9 Å². The standard InChI is InChI=1S/C11H16BrNS/c1-11(2,7-13-8-14)9-3-5-10(12)6-4-9/h3-6,13-14H,7-8H2,1-2H3. The van der Waals surface area contributed by atoms with Gasteiger partial charge >= 0.3 is 0 Å². The molecule has 14 heavy (non-hydrogen) atoms. The minimum Gasteiger partial charge on any atom is -0.307 e. The molecule has 0 heterocycles. The predicted molar refractivity (Wildman–Crippen MR) is 69.0 cm³/mol. The smallest absolute Gasteiger partial charge is 0.0387 e. The second kappa shape index (κ2) is 5.19. The quantitative estimate of drug-likeness (QED) is 0.634. The number of nitrogens with one attached hydrogen (secondary N) is 1. The lowest BCUT2D eigenvalue weighted by Crippen LogP contribution is -2.32. The van der Waals surface area contributed by atoms with Crippen molar-refractivity contribution < 1.29 is 0 Å². The van der Waals surface area contributed by atoms with Gasteiger partial charge in [0.25, 0.3) is 0 Å². The van der Waals surface area contributed by atoms with Crippen LogP contribution in [-0.4, -0.2) is 12.4 Å². The number of hydrogen-bond donors (Lipinski definition) is 2. The Labute approximate surface area is 99.8 Å². The Hall–Kier alpha value is 0.01000. The molecule has 1 rings (SSSR count). The number of halogens is 1. The fraction of sp³-hybridized carbons (Fsp3) is 0.455. The van der Waals surface area contributed by atoms with E-state index in [4.69, 9.17) is 0 Å². The van der Waals surface area contributed by atoms with Crippen molar-refractivity contribution in [2.45, 2.75) is 19.3 Å². The molecule has 78 valence electrons. The van der Waals surface area contributed by atoms with Crippen LogP contribution in [0.4, 0.5) is 0 Å². The Bertz CT molecular complexity index is 282. The van der Waals surface area contributed by atoms with Gasteiger partial charge in [-0.2, -0.15) is 12.6 Å². The van der Waals surface area contributed by atoms with E-state index in [9.17, 15) is 0 Å². The van der Waals surface area contributed by atoms with Gasteiger partial charge in [-0.25, -0.2) is 0 Å².